The first kappa shape index (κ1) is 20.1. The zero-order valence-electron chi connectivity index (χ0n) is 15.6. The van der Waals surface area contributed by atoms with Gasteiger partial charge in [-0.05, 0) is 49.2 Å². The molecule has 0 amide bonds. The van der Waals surface area contributed by atoms with Crippen molar-refractivity contribution in [3.63, 3.8) is 0 Å². The van der Waals surface area contributed by atoms with E-state index in [4.69, 9.17) is 14.6 Å². The van der Waals surface area contributed by atoms with E-state index in [-0.39, 0.29) is 10.7 Å². The number of aryl methyl sites for hydroxylation is 1. The third-order valence-corrected chi connectivity index (χ3v) is 5.23. The van der Waals surface area contributed by atoms with Crippen molar-refractivity contribution in [3.05, 3.63) is 65.4 Å². The van der Waals surface area contributed by atoms with Gasteiger partial charge in [-0.15, -0.1) is 0 Å². The summed E-state index contributed by atoms with van der Waals surface area (Å²) in [5, 5.41) is 8.11. The van der Waals surface area contributed by atoms with Gasteiger partial charge < -0.3 is 14.8 Å². The predicted molar refractivity (Wildman–Crippen MR) is 106 cm³/mol. The van der Waals surface area contributed by atoms with E-state index in [1.165, 1.54) is 18.3 Å². The van der Waals surface area contributed by atoms with Crippen LogP contribution in [0.3, 0.4) is 0 Å². The zero-order chi connectivity index (χ0) is 20.3. The molecule has 0 aliphatic carbocycles. The molecule has 0 saturated heterocycles. The summed E-state index contributed by atoms with van der Waals surface area (Å²) in [5.74, 6) is 0.277. The van der Waals surface area contributed by atoms with E-state index in [1.807, 2.05) is 26.0 Å². The molecular weight excluding hydrogens is 380 g/mol. The number of fused-ring (bicyclic) bond motifs is 1. The van der Waals surface area contributed by atoms with Crippen LogP contribution in [0.15, 0.2) is 59.1 Å². The van der Waals surface area contributed by atoms with E-state index < -0.39 is 16.3 Å². The number of anilines is 1. The van der Waals surface area contributed by atoms with Crippen molar-refractivity contribution in [2.45, 2.75) is 31.5 Å². The summed E-state index contributed by atoms with van der Waals surface area (Å²) in [4.78, 5) is 13.0. The highest BCUT2D eigenvalue weighted by Crippen LogP contribution is 2.32. The normalized spacial score (nSPS) is 17.9. The summed E-state index contributed by atoms with van der Waals surface area (Å²) >= 11 is 0. The Morgan fingerprint density at radius 3 is 2.68 bits per heavy atom. The van der Waals surface area contributed by atoms with Crippen molar-refractivity contribution in [1.82, 2.24) is 0 Å². The van der Waals surface area contributed by atoms with Crippen LogP contribution in [0.4, 0.5) is 5.69 Å². The molecule has 0 spiro atoms. The molecule has 2 aromatic rings. The van der Waals surface area contributed by atoms with Crippen LogP contribution in [-0.2, 0) is 21.2 Å². The average molecular weight is 402 g/mol. The molecule has 1 heterocycles. The molecular formula is C20H22N2O5S. The summed E-state index contributed by atoms with van der Waals surface area (Å²) < 4.78 is 34.5. The molecule has 7 nitrogen and oxygen atoms in total. The van der Waals surface area contributed by atoms with Crippen LogP contribution in [0.25, 0.3) is 0 Å². The highest BCUT2D eigenvalue weighted by atomic mass is 32.2. The van der Waals surface area contributed by atoms with Gasteiger partial charge in [0, 0.05) is 18.5 Å². The van der Waals surface area contributed by atoms with Crippen LogP contribution in [0.5, 0.6) is 5.75 Å². The van der Waals surface area contributed by atoms with Gasteiger partial charge in [-0.25, -0.2) is 13.6 Å². The Morgan fingerprint density at radius 1 is 1.21 bits per heavy atom. The van der Waals surface area contributed by atoms with Crippen LogP contribution < -0.4 is 15.2 Å². The molecule has 1 aliphatic rings. The number of ether oxygens (including phenoxy) is 2. The highest BCUT2D eigenvalue weighted by Gasteiger charge is 2.32. The minimum atomic E-state index is -3.82. The van der Waals surface area contributed by atoms with Crippen LogP contribution in [0.1, 0.15) is 29.8 Å². The summed E-state index contributed by atoms with van der Waals surface area (Å²) in [5.41, 5.74) is 2.26. The lowest BCUT2D eigenvalue weighted by molar-refractivity contribution is -0.0509. The number of hydrogen-bond donors (Lipinski definition) is 2. The van der Waals surface area contributed by atoms with E-state index >= 15 is 0 Å². The van der Waals surface area contributed by atoms with Crippen molar-refractivity contribution < 1.29 is 22.7 Å². The maximum atomic E-state index is 13.0. The summed E-state index contributed by atoms with van der Waals surface area (Å²) in [6, 6.07) is 11.5. The number of nitrogens with two attached hydrogens (primary N) is 1. The molecule has 3 N–H and O–H groups in total. The van der Waals surface area contributed by atoms with Gasteiger partial charge >= 0.3 is 0 Å². The fourth-order valence-electron chi connectivity index (χ4n) is 2.85. The minimum absolute atomic E-state index is 0.0265. The number of benzene rings is 2. The minimum Gasteiger partial charge on any atom is -0.460 e. The van der Waals surface area contributed by atoms with Gasteiger partial charge in [0.1, 0.15) is 5.75 Å². The number of carbonyl (C=O) groups excluding carboxylic acids is 1. The maximum absolute atomic E-state index is 13.0. The third kappa shape index (κ3) is 4.24. The summed E-state index contributed by atoms with van der Waals surface area (Å²) in [6.07, 6.45) is 1.42. The smallest absolute Gasteiger partial charge is 0.238 e. The second-order valence-corrected chi connectivity index (χ2v) is 7.80. The van der Waals surface area contributed by atoms with Crippen molar-refractivity contribution >= 4 is 21.5 Å². The number of sulfonamides is 1. The Kier molecular flexibility index (Phi) is 5.83. The molecule has 0 bridgehead atoms. The van der Waals surface area contributed by atoms with Crippen molar-refractivity contribution in [1.29, 1.82) is 0 Å². The molecule has 0 fully saturated rings. The number of rotatable bonds is 6. The predicted octanol–water partition coefficient (Wildman–Crippen LogP) is 2.83. The third-order valence-electron chi connectivity index (χ3n) is 4.32. The first-order chi connectivity index (χ1) is 13.3. The molecule has 0 saturated carbocycles. The number of hydrogen-bond acceptors (Lipinski definition) is 6. The van der Waals surface area contributed by atoms with Gasteiger partial charge in [0.2, 0.25) is 16.3 Å². The molecule has 3 rings (SSSR count). The molecule has 1 atom stereocenters. The lowest BCUT2D eigenvalue weighted by Gasteiger charge is -2.27. The van der Waals surface area contributed by atoms with Gasteiger partial charge in [0.25, 0.3) is 0 Å². The topological polar surface area (TPSA) is 108 Å². The van der Waals surface area contributed by atoms with Crippen LogP contribution in [-0.4, -0.2) is 27.1 Å². The fourth-order valence-corrected chi connectivity index (χ4v) is 3.41. The first-order valence-corrected chi connectivity index (χ1v) is 10.4. The number of nitrogens with one attached hydrogen (secondary N) is 1. The molecule has 0 radical (unpaired) electrons. The maximum Gasteiger partial charge on any atom is 0.238 e. The monoisotopic (exact) mass is 402 g/mol. The van der Waals surface area contributed by atoms with Crippen LogP contribution >= 0.6 is 0 Å². The van der Waals surface area contributed by atoms with Gasteiger partial charge in [-0.3, -0.25) is 4.79 Å². The lowest BCUT2D eigenvalue weighted by Crippen LogP contribution is -2.33. The lowest BCUT2D eigenvalue weighted by atomic mass is 9.97. The van der Waals surface area contributed by atoms with Crippen LogP contribution in [0.2, 0.25) is 0 Å². The molecule has 8 heteroatoms. The van der Waals surface area contributed by atoms with Crippen LogP contribution in [0, 0.1) is 0 Å². The van der Waals surface area contributed by atoms with Crippen molar-refractivity contribution in [2.75, 3.05) is 11.9 Å². The van der Waals surface area contributed by atoms with Gasteiger partial charge in [-0.1, -0.05) is 19.1 Å². The first-order valence-electron chi connectivity index (χ1n) is 8.88. The number of ketones is 1. The molecule has 148 valence electrons. The highest BCUT2D eigenvalue weighted by molar-refractivity contribution is 7.89. The largest absolute Gasteiger partial charge is 0.460 e. The molecule has 1 aliphatic heterocycles. The second kappa shape index (κ2) is 8.14. The standard InChI is InChI=1S/C20H22N2O5S/c1-3-13-8-9-18-16(10-13)19(23)17(20(27-18)26-4-2)12-22-14-6-5-7-15(11-14)28(21,24)25/h5-12,20,22H,3-4H2,1-2H3,(H2,21,24,25)/b17-12+. The van der Waals surface area contributed by atoms with E-state index in [2.05, 4.69) is 5.32 Å². The average Bonchev–Trinajstić information content (AvgIpc) is 2.67. The van der Waals surface area contributed by atoms with Gasteiger partial charge in [-0.2, -0.15) is 0 Å². The van der Waals surface area contributed by atoms with Crippen molar-refractivity contribution in [3.8, 4) is 5.75 Å². The number of carbonyl (C=O) groups is 1. The van der Waals surface area contributed by atoms with E-state index in [1.54, 1.807) is 18.2 Å². The Bertz CT molecular complexity index is 1030. The number of primary sulfonamides is 1. The van der Waals surface area contributed by atoms with Gasteiger partial charge in [0.15, 0.2) is 5.78 Å². The fraction of sp³-hybridized carbons (Fsp3) is 0.250. The zero-order valence-corrected chi connectivity index (χ0v) is 16.5. The van der Waals surface area contributed by atoms with Crippen molar-refractivity contribution in [2.24, 2.45) is 5.14 Å². The second-order valence-electron chi connectivity index (χ2n) is 6.24. The Hall–Kier alpha value is -2.68. The molecule has 1 unspecified atom stereocenters. The quantitative estimate of drug-likeness (QED) is 0.720. The Labute approximate surface area is 164 Å². The van der Waals surface area contributed by atoms with E-state index in [0.29, 0.717) is 29.2 Å². The molecule has 28 heavy (non-hydrogen) atoms. The molecule has 0 aromatic heterocycles. The van der Waals surface area contributed by atoms with Gasteiger partial charge in [0.05, 0.1) is 16.0 Å². The van der Waals surface area contributed by atoms with E-state index in [9.17, 15) is 13.2 Å². The number of Topliss-reactive ketones (excluding diaryl/α,β-unsaturated/α-hetero) is 1. The molecule has 2 aromatic carbocycles. The summed E-state index contributed by atoms with van der Waals surface area (Å²) in [7, 11) is -3.82. The van der Waals surface area contributed by atoms with E-state index in [0.717, 1.165) is 12.0 Å². The summed E-state index contributed by atoms with van der Waals surface area (Å²) in [6.45, 7) is 4.18. The Morgan fingerprint density at radius 2 is 2.00 bits per heavy atom. The Balaban J connectivity index is 1.95. The SMILES string of the molecule is CCOC1Oc2ccc(CC)cc2C(=O)/C1=C\Nc1cccc(S(N)(=O)=O)c1.